The van der Waals surface area contributed by atoms with E-state index in [9.17, 15) is 4.79 Å². The van der Waals surface area contributed by atoms with E-state index in [0.29, 0.717) is 31.8 Å². The molecular weight excluding hydrogens is 270 g/mol. The molecular formula is C15H25N3O3. The van der Waals surface area contributed by atoms with Crippen LogP contribution in [-0.2, 0) is 16.0 Å². The fraction of sp³-hybridized carbons (Fsp3) is 0.800. The van der Waals surface area contributed by atoms with Crippen molar-refractivity contribution in [3.63, 3.8) is 0 Å². The number of rotatable bonds is 5. The maximum Gasteiger partial charge on any atom is 0.226 e. The van der Waals surface area contributed by atoms with Gasteiger partial charge in [-0.1, -0.05) is 19.0 Å². The van der Waals surface area contributed by atoms with Crippen molar-refractivity contribution < 1.29 is 14.1 Å². The van der Waals surface area contributed by atoms with Crippen LogP contribution in [0.15, 0.2) is 4.52 Å². The molecule has 0 radical (unpaired) electrons. The predicted octanol–water partition coefficient (Wildman–Crippen LogP) is 2.15. The van der Waals surface area contributed by atoms with Gasteiger partial charge in [0.05, 0.1) is 12.2 Å². The van der Waals surface area contributed by atoms with E-state index in [1.54, 1.807) is 0 Å². The Hall–Kier alpha value is -1.43. The van der Waals surface area contributed by atoms with E-state index in [4.69, 9.17) is 9.26 Å². The van der Waals surface area contributed by atoms with Crippen LogP contribution >= 0.6 is 0 Å². The number of ether oxygens (including phenoxy) is 1. The highest BCUT2D eigenvalue weighted by atomic mass is 16.5. The topological polar surface area (TPSA) is 68.5 Å². The maximum atomic E-state index is 12.2. The molecule has 1 fully saturated rings. The summed E-state index contributed by atoms with van der Waals surface area (Å²) < 4.78 is 10.8. The lowest BCUT2D eigenvalue weighted by atomic mass is 10.1. The molecule has 1 amide bonds. The Morgan fingerprint density at radius 3 is 2.57 bits per heavy atom. The fourth-order valence-corrected chi connectivity index (χ4v) is 2.53. The second-order valence-corrected chi connectivity index (χ2v) is 6.11. The molecule has 0 unspecified atom stereocenters. The maximum absolute atomic E-state index is 12.2. The number of carbonyl (C=O) groups is 1. The summed E-state index contributed by atoms with van der Waals surface area (Å²) in [6.07, 6.45) is 2.13. The minimum Gasteiger partial charge on any atom is -0.372 e. The van der Waals surface area contributed by atoms with Gasteiger partial charge in [-0.15, -0.1) is 0 Å². The molecule has 2 atom stereocenters. The van der Waals surface area contributed by atoms with Crippen LogP contribution in [0.25, 0.3) is 0 Å². The summed E-state index contributed by atoms with van der Waals surface area (Å²) in [5, 5.41) is 3.93. The summed E-state index contributed by atoms with van der Waals surface area (Å²) in [6, 6.07) is 0. The van der Waals surface area contributed by atoms with E-state index in [-0.39, 0.29) is 24.0 Å². The van der Waals surface area contributed by atoms with Crippen LogP contribution in [0.3, 0.4) is 0 Å². The lowest BCUT2D eigenvalue weighted by Gasteiger charge is -2.35. The standard InChI is InChI=1S/C15H25N3O3/c1-10(2)15-16-13(21-17-15)6-5-7-14(19)18-8-11(3)20-12(4)9-18/h10-12H,5-9H2,1-4H3/t11-,12-/m1/s1. The van der Waals surface area contributed by atoms with Crippen molar-refractivity contribution in [1.29, 1.82) is 0 Å². The monoisotopic (exact) mass is 295 g/mol. The number of carbonyl (C=O) groups excluding carboxylic acids is 1. The van der Waals surface area contributed by atoms with Gasteiger partial charge in [0.1, 0.15) is 0 Å². The second-order valence-electron chi connectivity index (χ2n) is 6.11. The van der Waals surface area contributed by atoms with Crippen molar-refractivity contribution >= 4 is 5.91 Å². The van der Waals surface area contributed by atoms with Gasteiger partial charge in [0, 0.05) is 31.8 Å². The molecule has 1 aromatic rings. The lowest BCUT2D eigenvalue weighted by Crippen LogP contribution is -2.48. The summed E-state index contributed by atoms with van der Waals surface area (Å²) in [4.78, 5) is 18.4. The van der Waals surface area contributed by atoms with Crippen molar-refractivity contribution in [2.24, 2.45) is 0 Å². The number of nitrogens with zero attached hydrogens (tertiary/aromatic N) is 3. The second kappa shape index (κ2) is 7.02. The molecule has 2 rings (SSSR count). The fourth-order valence-electron chi connectivity index (χ4n) is 2.53. The Balaban J connectivity index is 1.76. The van der Waals surface area contributed by atoms with Crippen LogP contribution in [0.5, 0.6) is 0 Å². The van der Waals surface area contributed by atoms with Gasteiger partial charge in [-0.25, -0.2) is 0 Å². The minimum atomic E-state index is 0.113. The number of morpholine rings is 1. The zero-order chi connectivity index (χ0) is 15.4. The molecule has 0 aromatic carbocycles. The molecule has 1 aromatic heterocycles. The number of aromatic nitrogens is 2. The van der Waals surface area contributed by atoms with E-state index in [2.05, 4.69) is 10.1 Å². The van der Waals surface area contributed by atoms with Crippen LogP contribution in [0.4, 0.5) is 0 Å². The van der Waals surface area contributed by atoms with Crippen molar-refractivity contribution in [2.45, 2.75) is 65.1 Å². The van der Waals surface area contributed by atoms with Gasteiger partial charge in [-0.3, -0.25) is 4.79 Å². The molecule has 1 aliphatic heterocycles. The Morgan fingerprint density at radius 2 is 2.00 bits per heavy atom. The third-order valence-corrected chi connectivity index (χ3v) is 3.55. The molecule has 1 saturated heterocycles. The van der Waals surface area contributed by atoms with Crippen LogP contribution in [0, 0.1) is 0 Å². The molecule has 21 heavy (non-hydrogen) atoms. The molecule has 2 heterocycles. The molecule has 6 nitrogen and oxygen atoms in total. The number of hydrogen-bond donors (Lipinski definition) is 0. The highest BCUT2D eigenvalue weighted by molar-refractivity contribution is 5.76. The Labute approximate surface area is 125 Å². The van der Waals surface area contributed by atoms with Crippen molar-refractivity contribution in [3.05, 3.63) is 11.7 Å². The SMILES string of the molecule is CC(C)c1noc(CCCC(=O)N2C[C@@H](C)O[C@H](C)C2)n1. The Bertz CT molecular complexity index is 462. The third kappa shape index (κ3) is 4.52. The van der Waals surface area contributed by atoms with Crippen molar-refractivity contribution in [2.75, 3.05) is 13.1 Å². The van der Waals surface area contributed by atoms with Crippen molar-refractivity contribution in [1.82, 2.24) is 15.0 Å². The molecule has 0 bridgehead atoms. The molecule has 0 saturated carbocycles. The van der Waals surface area contributed by atoms with Gasteiger partial charge < -0.3 is 14.2 Å². The largest absolute Gasteiger partial charge is 0.372 e. The molecule has 0 aliphatic carbocycles. The normalized spacial score (nSPS) is 22.8. The lowest BCUT2D eigenvalue weighted by molar-refractivity contribution is -0.143. The summed E-state index contributed by atoms with van der Waals surface area (Å²) in [6.45, 7) is 9.42. The highest BCUT2D eigenvalue weighted by Gasteiger charge is 2.25. The van der Waals surface area contributed by atoms with Gasteiger partial charge in [0.15, 0.2) is 5.82 Å². The Morgan fingerprint density at radius 1 is 1.33 bits per heavy atom. The summed E-state index contributed by atoms with van der Waals surface area (Å²) in [7, 11) is 0. The number of aryl methyl sites for hydroxylation is 1. The summed E-state index contributed by atoms with van der Waals surface area (Å²) >= 11 is 0. The molecule has 1 aliphatic rings. The zero-order valence-electron chi connectivity index (χ0n) is 13.3. The van der Waals surface area contributed by atoms with Gasteiger partial charge in [0.25, 0.3) is 0 Å². The van der Waals surface area contributed by atoms with E-state index in [0.717, 1.165) is 12.2 Å². The van der Waals surface area contributed by atoms with Gasteiger partial charge >= 0.3 is 0 Å². The smallest absolute Gasteiger partial charge is 0.226 e. The van der Waals surface area contributed by atoms with Crippen LogP contribution < -0.4 is 0 Å². The molecule has 118 valence electrons. The van der Waals surface area contributed by atoms with Crippen LogP contribution in [0.1, 0.15) is 58.2 Å². The van der Waals surface area contributed by atoms with Gasteiger partial charge in [-0.2, -0.15) is 4.98 Å². The predicted molar refractivity (Wildman–Crippen MR) is 77.9 cm³/mol. The quantitative estimate of drug-likeness (QED) is 0.832. The summed E-state index contributed by atoms with van der Waals surface area (Å²) in [5.41, 5.74) is 0. The van der Waals surface area contributed by atoms with Crippen LogP contribution in [0.2, 0.25) is 0 Å². The van der Waals surface area contributed by atoms with Crippen LogP contribution in [-0.4, -0.2) is 46.2 Å². The minimum absolute atomic E-state index is 0.113. The first-order valence-electron chi connectivity index (χ1n) is 7.71. The first kappa shape index (κ1) is 15.9. The molecule has 0 N–H and O–H groups in total. The van der Waals surface area contributed by atoms with E-state index in [1.807, 2.05) is 32.6 Å². The van der Waals surface area contributed by atoms with E-state index in [1.165, 1.54) is 0 Å². The van der Waals surface area contributed by atoms with Crippen molar-refractivity contribution in [3.8, 4) is 0 Å². The molecule has 0 spiro atoms. The number of amides is 1. The highest BCUT2D eigenvalue weighted by Crippen LogP contribution is 2.14. The first-order valence-corrected chi connectivity index (χ1v) is 7.71. The Kier molecular flexibility index (Phi) is 5.33. The average Bonchev–Trinajstić information content (AvgIpc) is 2.86. The number of hydrogen-bond acceptors (Lipinski definition) is 5. The first-order chi connectivity index (χ1) is 9.95. The van der Waals surface area contributed by atoms with E-state index < -0.39 is 0 Å². The third-order valence-electron chi connectivity index (χ3n) is 3.55. The van der Waals surface area contributed by atoms with Gasteiger partial charge in [-0.05, 0) is 20.3 Å². The molecule has 6 heteroatoms. The zero-order valence-corrected chi connectivity index (χ0v) is 13.3. The summed E-state index contributed by atoms with van der Waals surface area (Å²) in [5.74, 6) is 1.79. The average molecular weight is 295 g/mol. The van der Waals surface area contributed by atoms with E-state index >= 15 is 0 Å². The van der Waals surface area contributed by atoms with Gasteiger partial charge in [0.2, 0.25) is 11.8 Å².